The number of aromatic nitrogens is 3. The van der Waals surface area contributed by atoms with Crippen LogP contribution in [-0.4, -0.2) is 58.9 Å². The molecule has 0 aliphatic carbocycles. The van der Waals surface area contributed by atoms with Gasteiger partial charge in [-0.25, -0.2) is 9.78 Å². The molecule has 0 bridgehead atoms. The molecule has 0 unspecified atom stereocenters. The molecule has 29 heavy (non-hydrogen) atoms. The van der Waals surface area contributed by atoms with Crippen molar-refractivity contribution in [3.05, 3.63) is 41.2 Å². The summed E-state index contributed by atoms with van der Waals surface area (Å²) in [5, 5.41) is 10.3. The summed E-state index contributed by atoms with van der Waals surface area (Å²) >= 11 is 6.18. The maximum atomic E-state index is 11.5. The van der Waals surface area contributed by atoms with Gasteiger partial charge in [0.05, 0.1) is 37.4 Å². The average molecular weight is 415 g/mol. The van der Waals surface area contributed by atoms with Gasteiger partial charge in [-0.3, -0.25) is 0 Å². The molecule has 2 aromatic heterocycles. The third kappa shape index (κ3) is 3.68. The van der Waals surface area contributed by atoms with Crippen molar-refractivity contribution in [2.45, 2.75) is 13.0 Å². The summed E-state index contributed by atoms with van der Waals surface area (Å²) in [6.07, 6.45) is 0. The zero-order valence-corrected chi connectivity index (χ0v) is 16.7. The number of hydrogen-bond acceptors (Lipinski definition) is 7. The van der Waals surface area contributed by atoms with Crippen LogP contribution in [0.3, 0.4) is 0 Å². The highest BCUT2D eigenvalue weighted by Crippen LogP contribution is 2.31. The summed E-state index contributed by atoms with van der Waals surface area (Å²) < 4.78 is 10.6. The topological polar surface area (TPSA) is 97.7 Å². The van der Waals surface area contributed by atoms with E-state index >= 15 is 0 Å². The van der Waals surface area contributed by atoms with E-state index in [1.54, 1.807) is 12.1 Å². The second-order valence-corrected chi connectivity index (χ2v) is 7.06. The Kier molecular flexibility index (Phi) is 5.21. The SMILES string of the molecule is COc1ccc(-c2ccc3c(N4CCOC[C@@H]4C)nc(Cl)nc3n2)cc1C(=O)O. The third-order valence-electron chi connectivity index (χ3n) is 4.88. The molecule has 1 aliphatic rings. The number of hydrogen-bond donors (Lipinski definition) is 1. The predicted molar refractivity (Wildman–Crippen MR) is 109 cm³/mol. The van der Waals surface area contributed by atoms with Crippen molar-refractivity contribution in [3.63, 3.8) is 0 Å². The largest absolute Gasteiger partial charge is 0.496 e. The van der Waals surface area contributed by atoms with E-state index in [9.17, 15) is 9.90 Å². The van der Waals surface area contributed by atoms with Gasteiger partial charge in [0, 0.05) is 12.1 Å². The molecule has 0 spiro atoms. The summed E-state index contributed by atoms with van der Waals surface area (Å²) in [5.41, 5.74) is 1.74. The Morgan fingerprint density at radius 2 is 2.10 bits per heavy atom. The van der Waals surface area contributed by atoms with Crippen molar-refractivity contribution in [2.75, 3.05) is 31.8 Å². The lowest BCUT2D eigenvalue weighted by Gasteiger charge is -2.34. The molecule has 0 radical (unpaired) electrons. The highest BCUT2D eigenvalue weighted by atomic mass is 35.5. The van der Waals surface area contributed by atoms with Crippen LogP contribution in [0.4, 0.5) is 5.82 Å². The van der Waals surface area contributed by atoms with E-state index in [1.165, 1.54) is 13.2 Å². The van der Waals surface area contributed by atoms with Crippen LogP contribution in [0.2, 0.25) is 5.28 Å². The van der Waals surface area contributed by atoms with E-state index in [0.717, 1.165) is 11.2 Å². The van der Waals surface area contributed by atoms with E-state index in [0.29, 0.717) is 36.7 Å². The number of ether oxygens (including phenoxy) is 2. The van der Waals surface area contributed by atoms with Crippen molar-refractivity contribution in [2.24, 2.45) is 0 Å². The minimum absolute atomic E-state index is 0.0652. The van der Waals surface area contributed by atoms with Gasteiger partial charge in [0.1, 0.15) is 17.1 Å². The number of morpholine rings is 1. The highest BCUT2D eigenvalue weighted by molar-refractivity contribution is 6.28. The van der Waals surface area contributed by atoms with Gasteiger partial charge >= 0.3 is 5.97 Å². The fourth-order valence-electron chi connectivity index (χ4n) is 3.42. The van der Waals surface area contributed by atoms with Crippen LogP contribution >= 0.6 is 11.6 Å². The first-order valence-corrected chi connectivity index (χ1v) is 9.46. The number of carboxylic acid groups (broad SMARTS) is 1. The van der Waals surface area contributed by atoms with Crippen LogP contribution in [0.1, 0.15) is 17.3 Å². The van der Waals surface area contributed by atoms with Crippen molar-refractivity contribution < 1.29 is 19.4 Å². The number of aromatic carboxylic acids is 1. The molecule has 1 saturated heterocycles. The molecule has 150 valence electrons. The Morgan fingerprint density at radius 1 is 1.28 bits per heavy atom. The lowest BCUT2D eigenvalue weighted by atomic mass is 10.1. The smallest absolute Gasteiger partial charge is 0.339 e. The van der Waals surface area contributed by atoms with Crippen LogP contribution in [0.5, 0.6) is 5.75 Å². The fourth-order valence-corrected chi connectivity index (χ4v) is 3.58. The molecule has 8 nitrogen and oxygen atoms in total. The van der Waals surface area contributed by atoms with Crippen molar-refractivity contribution in [1.82, 2.24) is 15.0 Å². The Bertz CT molecular complexity index is 1090. The van der Waals surface area contributed by atoms with Crippen molar-refractivity contribution >= 4 is 34.4 Å². The molecule has 3 aromatic rings. The van der Waals surface area contributed by atoms with E-state index < -0.39 is 5.97 Å². The Labute approximate surface area is 172 Å². The van der Waals surface area contributed by atoms with E-state index in [-0.39, 0.29) is 22.6 Å². The summed E-state index contributed by atoms with van der Waals surface area (Å²) in [4.78, 5) is 27.0. The maximum absolute atomic E-state index is 11.5. The monoisotopic (exact) mass is 414 g/mol. The molecule has 1 aromatic carbocycles. The predicted octanol–water partition coefficient (Wildman–Crippen LogP) is 3.28. The summed E-state index contributed by atoms with van der Waals surface area (Å²) in [6, 6.07) is 8.75. The second kappa shape index (κ2) is 7.81. The van der Waals surface area contributed by atoms with Gasteiger partial charge in [0.25, 0.3) is 0 Å². The molecule has 1 aliphatic heterocycles. The quantitative estimate of drug-likeness (QED) is 0.649. The Balaban J connectivity index is 1.81. The zero-order chi connectivity index (χ0) is 20.5. The number of carbonyl (C=O) groups is 1. The fraction of sp³-hybridized carbons (Fsp3) is 0.300. The standard InChI is InChI=1S/C20H19ClN4O4/c1-11-10-29-8-7-25(11)18-13-4-5-15(22-17(13)23-20(21)24-18)12-3-6-16(28-2)14(9-12)19(26)27/h3-6,9,11H,7-8,10H2,1-2H3,(H,26,27)/t11-/m0/s1. The van der Waals surface area contributed by atoms with Crippen LogP contribution < -0.4 is 9.64 Å². The first-order valence-electron chi connectivity index (χ1n) is 9.08. The minimum Gasteiger partial charge on any atom is -0.496 e. The number of pyridine rings is 1. The Morgan fingerprint density at radius 3 is 2.83 bits per heavy atom. The number of halogens is 1. The van der Waals surface area contributed by atoms with Crippen LogP contribution in [-0.2, 0) is 4.74 Å². The van der Waals surface area contributed by atoms with E-state index in [4.69, 9.17) is 21.1 Å². The first kappa shape index (κ1) is 19.4. The third-order valence-corrected chi connectivity index (χ3v) is 5.05. The molecular weight excluding hydrogens is 396 g/mol. The highest BCUT2D eigenvalue weighted by Gasteiger charge is 2.23. The molecule has 9 heteroatoms. The molecule has 1 N–H and O–H groups in total. The maximum Gasteiger partial charge on any atom is 0.339 e. The van der Waals surface area contributed by atoms with Crippen LogP contribution in [0.25, 0.3) is 22.3 Å². The number of nitrogens with zero attached hydrogens (tertiary/aromatic N) is 4. The summed E-state index contributed by atoms with van der Waals surface area (Å²) in [6.45, 7) is 3.99. The van der Waals surface area contributed by atoms with Gasteiger partial charge in [0.15, 0.2) is 5.65 Å². The van der Waals surface area contributed by atoms with Gasteiger partial charge < -0.3 is 19.5 Å². The summed E-state index contributed by atoms with van der Waals surface area (Å²) in [5.74, 6) is -0.0646. The zero-order valence-electron chi connectivity index (χ0n) is 15.9. The van der Waals surface area contributed by atoms with Crippen molar-refractivity contribution in [3.8, 4) is 17.0 Å². The van der Waals surface area contributed by atoms with Gasteiger partial charge in [-0.1, -0.05) is 0 Å². The number of anilines is 1. The van der Waals surface area contributed by atoms with Gasteiger partial charge in [-0.2, -0.15) is 9.97 Å². The minimum atomic E-state index is -1.07. The normalized spacial score (nSPS) is 16.8. The van der Waals surface area contributed by atoms with E-state index in [2.05, 4.69) is 26.8 Å². The van der Waals surface area contributed by atoms with Gasteiger partial charge in [0.2, 0.25) is 5.28 Å². The molecule has 3 heterocycles. The number of benzene rings is 1. The van der Waals surface area contributed by atoms with Gasteiger partial charge in [-0.15, -0.1) is 0 Å². The second-order valence-electron chi connectivity index (χ2n) is 6.72. The number of methoxy groups -OCH3 is 1. The molecule has 0 saturated carbocycles. The van der Waals surface area contributed by atoms with Crippen LogP contribution in [0, 0.1) is 0 Å². The molecular formula is C20H19ClN4O4. The lowest BCUT2D eigenvalue weighted by molar-refractivity contribution is 0.0693. The molecule has 1 fully saturated rings. The summed E-state index contributed by atoms with van der Waals surface area (Å²) in [7, 11) is 1.43. The average Bonchev–Trinajstić information content (AvgIpc) is 2.72. The van der Waals surface area contributed by atoms with E-state index in [1.807, 2.05) is 12.1 Å². The molecule has 4 rings (SSSR count). The number of fused-ring (bicyclic) bond motifs is 1. The lowest BCUT2D eigenvalue weighted by Crippen LogP contribution is -2.44. The molecule has 1 atom stereocenters. The van der Waals surface area contributed by atoms with Gasteiger partial charge in [-0.05, 0) is 48.9 Å². The van der Waals surface area contributed by atoms with Crippen molar-refractivity contribution in [1.29, 1.82) is 0 Å². The molecule has 0 amide bonds. The number of rotatable bonds is 4. The Hall–Kier alpha value is -2.97. The number of carboxylic acids is 1. The first-order chi connectivity index (χ1) is 14.0. The van der Waals surface area contributed by atoms with Crippen LogP contribution in [0.15, 0.2) is 30.3 Å².